The first kappa shape index (κ1) is 16.3. The molecule has 1 rings (SSSR count). The van der Waals surface area contributed by atoms with Gasteiger partial charge in [0.05, 0.1) is 6.61 Å². The van der Waals surface area contributed by atoms with Gasteiger partial charge in [-0.25, -0.2) is 0 Å². The Hall–Kier alpha value is -0.730. The van der Waals surface area contributed by atoms with Gasteiger partial charge >= 0.3 is 0 Å². The molecular formula is C16H26ClNO. The third kappa shape index (κ3) is 4.70. The molecule has 0 amide bonds. The SMILES string of the molecule is CCOc1cc(C)c(Cl)cc1C(C)CCC(N)CC. The zero-order valence-electron chi connectivity index (χ0n) is 12.5. The summed E-state index contributed by atoms with van der Waals surface area (Å²) in [4.78, 5) is 0. The third-order valence-corrected chi connectivity index (χ3v) is 4.02. The van der Waals surface area contributed by atoms with Crippen molar-refractivity contribution in [1.82, 2.24) is 0 Å². The van der Waals surface area contributed by atoms with Crippen LogP contribution in [0.1, 0.15) is 57.1 Å². The van der Waals surface area contributed by atoms with Gasteiger partial charge in [-0.2, -0.15) is 0 Å². The van der Waals surface area contributed by atoms with E-state index in [2.05, 4.69) is 13.8 Å². The van der Waals surface area contributed by atoms with Crippen LogP contribution >= 0.6 is 11.6 Å². The summed E-state index contributed by atoms with van der Waals surface area (Å²) in [7, 11) is 0. The Bertz CT molecular complexity index is 406. The first-order chi connectivity index (χ1) is 8.99. The summed E-state index contributed by atoms with van der Waals surface area (Å²) >= 11 is 6.24. The van der Waals surface area contributed by atoms with Crippen molar-refractivity contribution in [1.29, 1.82) is 0 Å². The van der Waals surface area contributed by atoms with Crippen molar-refractivity contribution in [3.63, 3.8) is 0 Å². The Kier molecular flexibility index (Phi) is 6.67. The minimum Gasteiger partial charge on any atom is -0.494 e. The van der Waals surface area contributed by atoms with Gasteiger partial charge in [-0.05, 0) is 62.3 Å². The lowest BCUT2D eigenvalue weighted by molar-refractivity contribution is 0.333. The number of nitrogens with two attached hydrogens (primary N) is 1. The molecule has 0 saturated carbocycles. The number of aryl methyl sites for hydroxylation is 1. The van der Waals surface area contributed by atoms with E-state index in [9.17, 15) is 0 Å². The molecule has 0 heterocycles. The van der Waals surface area contributed by atoms with Crippen LogP contribution in [0.15, 0.2) is 12.1 Å². The predicted octanol–water partition coefficient (Wildman–Crippen LogP) is 4.67. The molecule has 0 aliphatic rings. The Labute approximate surface area is 122 Å². The van der Waals surface area contributed by atoms with Crippen LogP contribution in [-0.2, 0) is 0 Å². The molecule has 0 aliphatic heterocycles. The van der Waals surface area contributed by atoms with Crippen LogP contribution in [0.4, 0.5) is 0 Å². The predicted molar refractivity (Wildman–Crippen MR) is 83.3 cm³/mol. The summed E-state index contributed by atoms with van der Waals surface area (Å²) in [6, 6.07) is 4.38. The third-order valence-electron chi connectivity index (χ3n) is 3.62. The van der Waals surface area contributed by atoms with Crippen LogP contribution in [-0.4, -0.2) is 12.6 Å². The Morgan fingerprint density at radius 1 is 1.26 bits per heavy atom. The van der Waals surface area contributed by atoms with Crippen LogP contribution < -0.4 is 10.5 Å². The van der Waals surface area contributed by atoms with Crippen LogP contribution in [0.5, 0.6) is 5.75 Å². The lowest BCUT2D eigenvalue weighted by atomic mass is 9.92. The lowest BCUT2D eigenvalue weighted by Crippen LogP contribution is -2.19. The lowest BCUT2D eigenvalue weighted by Gasteiger charge is -2.19. The van der Waals surface area contributed by atoms with Crippen molar-refractivity contribution < 1.29 is 4.74 Å². The van der Waals surface area contributed by atoms with Crippen LogP contribution in [0.2, 0.25) is 5.02 Å². The second kappa shape index (κ2) is 7.76. The molecular weight excluding hydrogens is 258 g/mol. The topological polar surface area (TPSA) is 35.2 Å². The van der Waals surface area contributed by atoms with Gasteiger partial charge in [0.25, 0.3) is 0 Å². The minimum absolute atomic E-state index is 0.291. The van der Waals surface area contributed by atoms with Crippen molar-refractivity contribution in [2.24, 2.45) is 5.73 Å². The smallest absolute Gasteiger partial charge is 0.123 e. The highest BCUT2D eigenvalue weighted by atomic mass is 35.5. The monoisotopic (exact) mass is 283 g/mol. The van der Waals surface area contributed by atoms with Gasteiger partial charge in [0.2, 0.25) is 0 Å². The molecule has 0 radical (unpaired) electrons. The Morgan fingerprint density at radius 3 is 2.53 bits per heavy atom. The maximum absolute atomic E-state index is 6.24. The van der Waals surface area contributed by atoms with Crippen molar-refractivity contribution in [3.05, 3.63) is 28.3 Å². The molecule has 2 unspecified atom stereocenters. The number of hydrogen-bond acceptors (Lipinski definition) is 2. The highest BCUT2D eigenvalue weighted by Gasteiger charge is 2.15. The van der Waals surface area contributed by atoms with E-state index in [1.54, 1.807) is 0 Å². The van der Waals surface area contributed by atoms with Gasteiger partial charge in [0.1, 0.15) is 5.75 Å². The molecule has 19 heavy (non-hydrogen) atoms. The Balaban J connectivity index is 2.87. The maximum Gasteiger partial charge on any atom is 0.123 e. The van der Waals surface area contributed by atoms with Gasteiger partial charge in [0, 0.05) is 11.1 Å². The molecule has 0 aliphatic carbocycles. The van der Waals surface area contributed by atoms with Crippen molar-refractivity contribution in [2.45, 2.75) is 58.9 Å². The van der Waals surface area contributed by atoms with E-state index < -0.39 is 0 Å². The summed E-state index contributed by atoms with van der Waals surface area (Å²) in [6.07, 6.45) is 3.13. The zero-order valence-corrected chi connectivity index (χ0v) is 13.3. The van der Waals surface area contributed by atoms with Crippen molar-refractivity contribution >= 4 is 11.6 Å². The largest absolute Gasteiger partial charge is 0.494 e. The van der Waals surface area contributed by atoms with Gasteiger partial charge in [-0.15, -0.1) is 0 Å². The molecule has 0 saturated heterocycles. The summed E-state index contributed by atoms with van der Waals surface area (Å²) in [6.45, 7) is 9.03. The molecule has 2 N–H and O–H groups in total. The highest BCUT2D eigenvalue weighted by molar-refractivity contribution is 6.31. The second-order valence-corrected chi connectivity index (χ2v) is 5.63. The quantitative estimate of drug-likeness (QED) is 0.789. The van der Waals surface area contributed by atoms with Gasteiger partial charge in [-0.3, -0.25) is 0 Å². The molecule has 0 aromatic heterocycles. The fraction of sp³-hybridized carbons (Fsp3) is 0.625. The molecule has 1 aromatic carbocycles. The number of benzene rings is 1. The summed E-state index contributed by atoms with van der Waals surface area (Å²) in [5.41, 5.74) is 8.25. The van der Waals surface area contributed by atoms with Gasteiger partial charge in [0.15, 0.2) is 0 Å². The molecule has 0 fully saturated rings. The van der Waals surface area contributed by atoms with Crippen molar-refractivity contribution in [2.75, 3.05) is 6.61 Å². The number of rotatable bonds is 7. The van der Waals surface area contributed by atoms with E-state index in [0.717, 1.165) is 35.6 Å². The first-order valence-electron chi connectivity index (χ1n) is 7.17. The zero-order chi connectivity index (χ0) is 14.4. The summed E-state index contributed by atoms with van der Waals surface area (Å²) < 4.78 is 5.74. The summed E-state index contributed by atoms with van der Waals surface area (Å²) in [5, 5.41) is 0.810. The average molecular weight is 284 g/mol. The summed E-state index contributed by atoms with van der Waals surface area (Å²) in [5.74, 6) is 1.37. The highest BCUT2D eigenvalue weighted by Crippen LogP contribution is 2.34. The standard InChI is InChI=1S/C16H26ClNO/c1-5-13(18)8-7-11(3)14-10-15(17)12(4)9-16(14)19-6-2/h9-11,13H,5-8,18H2,1-4H3. The normalized spacial score (nSPS) is 14.2. The van der Waals surface area contributed by atoms with E-state index in [1.165, 1.54) is 5.56 Å². The number of ether oxygens (including phenoxy) is 1. The van der Waals surface area contributed by atoms with E-state index >= 15 is 0 Å². The van der Waals surface area contributed by atoms with E-state index in [0.29, 0.717) is 18.6 Å². The fourth-order valence-electron chi connectivity index (χ4n) is 2.16. The van der Waals surface area contributed by atoms with Crippen LogP contribution in [0, 0.1) is 6.92 Å². The number of hydrogen-bond donors (Lipinski definition) is 1. The van der Waals surface area contributed by atoms with E-state index in [-0.39, 0.29) is 0 Å². The van der Waals surface area contributed by atoms with Gasteiger partial charge < -0.3 is 10.5 Å². The Morgan fingerprint density at radius 2 is 1.95 bits per heavy atom. The first-order valence-corrected chi connectivity index (χ1v) is 7.55. The second-order valence-electron chi connectivity index (χ2n) is 5.22. The molecule has 0 bridgehead atoms. The fourth-order valence-corrected chi connectivity index (χ4v) is 2.33. The van der Waals surface area contributed by atoms with Crippen LogP contribution in [0.25, 0.3) is 0 Å². The van der Waals surface area contributed by atoms with Crippen molar-refractivity contribution in [3.8, 4) is 5.75 Å². The average Bonchev–Trinajstić information content (AvgIpc) is 2.39. The van der Waals surface area contributed by atoms with E-state index in [1.807, 2.05) is 26.0 Å². The molecule has 2 nitrogen and oxygen atoms in total. The molecule has 2 atom stereocenters. The van der Waals surface area contributed by atoms with Crippen LogP contribution in [0.3, 0.4) is 0 Å². The van der Waals surface area contributed by atoms with E-state index in [4.69, 9.17) is 22.1 Å². The molecule has 108 valence electrons. The molecule has 3 heteroatoms. The maximum atomic E-state index is 6.24. The molecule has 1 aromatic rings. The molecule has 0 spiro atoms. The number of halogens is 1. The van der Waals surface area contributed by atoms with Gasteiger partial charge in [-0.1, -0.05) is 25.4 Å². The minimum atomic E-state index is 0.291.